The summed E-state index contributed by atoms with van der Waals surface area (Å²) in [5, 5.41) is 11.2. The molecule has 4 heteroatoms. The third-order valence-electron chi connectivity index (χ3n) is 1.29. The number of nitriles is 1. The molecule has 0 aromatic carbocycles. The predicted octanol–water partition coefficient (Wildman–Crippen LogP) is 0.441. The molecule has 0 aromatic heterocycles. The highest BCUT2D eigenvalue weighted by Gasteiger charge is 2.24. The third kappa shape index (κ3) is 3.94. The second kappa shape index (κ2) is 4.73. The molecule has 1 amide bonds. The fourth-order valence-electron chi connectivity index (χ4n) is 0.791. The van der Waals surface area contributed by atoms with E-state index in [-0.39, 0.29) is 12.5 Å². The first-order valence-electron chi connectivity index (χ1n) is 3.82. The van der Waals surface area contributed by atoms with Crippen molar-refractivity contribution in [3.8, 4) is 6.07 Å². The molecular formula is C8H14N2O2. The summed E-state index contributed by atoms with van der Waals surface area (Å²) in [6.07, 6.45) is 0. The van der Waals surface area contributed by atoms with Crippen LogP contribution in [0, 0.1) is 11.3 Å². The number of carbonyl (C=O) groups is 1. The third-order valence-corrected chi connectivity index (χ3v) is 1.29. The van der Waals surface area contributed by atoms with Crippen molar-refractivity contribution in [2.75, 3.05) is 13.2 Å². The molecule has 0 heterocycles. The molecule has 0 aromatic rings. The van der Waals surface area contributed by atoms with Gasteiger partial charge in [-0.05, 0) is 13.8 Å². The zero-order valence-electron chi connectivity index (χ0n) is 7.68. The van der Waals surface area contributed by atoms with Crippen LogP contribution in [0.15, 0.2) is 0 Å². The Hall–Kier alpha value is -1.08. The minimum absolute atomic E-state index is 0.222. The van der Waals surface area contributed by atoms with Gasteiger partial charge in [0.05, 0.1) is 12.7 Å². The van der Waals surface area contributed by atoms with Crippen LogP contribution in [0.3, 0.4) is 0 Å². The lowest BCUT2D eigenvalue weighted by atomic mass is 10.1. The van der Waals surface area contributed by atoms with Gasteiger partial charge >= 0.3 is 0 Å². The molecule has 0 saturated heterocycles. The van der Waals surface area contributed by atoms with Gasteiger partial charge in [0.25, 0.3) is 0 Å². The van der Waals surface area contributed by atoms with Crippen LogP contribution in [0.2, 0.25) is 0 Å². The molecule has 4 nitrogen and oxygen atoms in total. The summed E-state index contributed by atoms with van der Waals surface area (Å²) in [6, 6.07) is 1.99. The average molecular weight is 170 g/mol. The van der Waals surface area contributed by atoms with E-state index in [1.165, 1.54) is 6.92 Å². The molecule has 0 fully saturated rings. The zero-order chi connectivity index (χ0) is 9.61. The summed E-state index contributed by atoms with van der Waals surface area (Å²) >= 11 is 0. The van der Waals surface area contributed by atoms with Crippen molar-refractivity contribution >= 4 is 5.91 Å². The smallest absolute Gasteiger partial charge is 0.218 e. The Morgan fingerprint density at radius 3 is 2.67 bits per heavy atom. The van der Waals surface area contributed by atoms with Crippen molar-refractivity contribution in [3.05, 3.63) is 0 Å². The minimum atomic E-state index is -0.901. The van der Waals surface area contributed by atoms with E-state index in [9.17, 15) is 4.79 Å². The van der Waals surface area contributed by atoms with Crippen molar-refractivity contribution in [1.82, 2.24) is 5.32 Å². The van der Waals surface area contributed by atoms with Crippen LogP contribution < -0.4 is 5.32 Å². The van der Waals surface area contributed by atoms with Crippen molar-refractivity contribution < 1.29 is 9.53 Å². The van der Waals surface area contributed by atoms with E-state index in [2.05, 4.69) is 5.32 Å². The summed E-state index contributed by atoms with van der Waals surface area (Å²) < 4.78 is 5.05. The first-order valence-corrected chi connectivity index (χ1v) is 3.82. The zero-order valence-corrected chi connectivity index (χ0v) is 7.68. The molecule has 68 valence electrons. The molecule has 0 aliphatic rings. The summed E-state index contributed by atoms with van der Waals surface area (Å²) in [7, 11) is 0. The van der Waals surface area contributed by atoms with Gasteiger partial charge in [0.2, 0.25) is 5.91 Å². The molecule has 0 aliphatic carbocycles. The van der Waals surface area contributed by atoms with Crippen molar-refractivity contribution in [2.24, 2.45) is 0 Å². The lowest BCUT2D eigenvalue weighted by Gasteiger charge is -2.21. The lowest BCUT2D eigenvalue weighted by molar-refractivity contribution is -0.120. The number of amides is 1. The van der Waals surface area contributed by atoms with Crippen molar-refractivity contribution in [1.29, 1.82) is 5.26 Å². The number of hydrogen-bond acceptors (Lipinski definition) is 3. The molecule has 12 heavy (non-hydrogen) atoms. The van der Waals surface area contributed by atoms with E-state index in [1.807, 2.05) is 13.0 Å². The largest absolute Gasteiger partial charge is 0.378 e. The monoisotopic (exact) mass is 170 g/mol. The Morgan fingerprint density at radius 2 is 2.33 bits per heavy atom. The van der Waals surface area contributed by atoms with Crippen molar-refractivity contribution in [2.45, 2.75) is 26.3 Å². The van der Waals surface area contributed by atoms with Gasteiger partial charge in [-0.15, -0.1) is 0 Å². The van der Waals surface area contributed by atoms with Crippen LogP contribution in [0.4, 0.5) is 0 Å². The van der Waals surface area contributed by atoms with Crippen LogP contribution in [-0.4, -0.2) is 24.7 Å². The van der Waals surface area contributed by atoms with Gasteiger partial charge < -0.3 is 10.1 Å². The first-order chi connectivity index (χ1) is 5.54. The summed E-state index contributed by atoms with van der Waals surface area (Å²) in [4.78, 5) is 10.7. The molecule has 0 saturated carbocycles. The van der Waals surface area contributed by atoms with E-state index in [0.29, 0.717) is 6.61 Å². The Balaban J connectivity index is 4.07. The molecule has 0 aliphatic heterocycles. The van der Waals surface area contributed by atoms with Crippen LogP contribution >= 0.6 is 0 Å². The number of carbonyl (C=O) groups excluding carboxylic acids is 1. The predicted molar refractivity (Wildman–Crippen MR) is 44.3 cm³/mol. The summed E-state index contributed by atoms with van der Waals surface area (Å²) in [5.41, 5.74) is -0.901. The second-order valence-electron chi connectivity index (χ2n) is 2.76. The summed E-state index contributed by atoms with van der Waals surface area (Å²) in [5.74, 6) is -0.223. The van der Waals surface area contributed by atoms with Gasteiger partial charge in [-0.1, -0.05) is 0 Å². The second-order valence-corrected chi connectivity index (χ2v) is 2.76. The lowest BCUT2D eigenvalue weighted by Crippen LogP contribution is -2.47. The summed E-state index contributed by atoms with van der Waals surface area (Å²) in [6.45, 7) is 5.60. The molecule has 0 radical (unpaired) electrons. The van der Waals surface area contributed by atoms with Crippen LogP contribution in [-0.2, 0) is 9.53 Å². The number of hydrogen-bond donors (Lipinski definition) is 1. The molecule has 1 unspecified atom stereocenters. The van der Waals surface area contributed by atoms with Gasteiger partial charge in [-0.2, -0.15) is 5.26 Å². The Kier molecular flexibility index (Phi) is 4.30. The van der Waals surface area contributed by atoms with E-state index >= 15 is 0 Å². The molecular weight excluding hydrogens is 156 g/mol. The maximum Gasteiger partial charge on any atom is 0.218 e. The molecule has 0 rings (SSSR count). The number of ether oxygens (including phenoxy) is 1. The minimum Gasteiger partial charge on any atom is -0.378 e. The van der Waals surface area contributed by atoms with E-state index in [1.54, 1.807) is 6.92 Å². The Bertz CT molecular complexity index is 198. The highest BCUT2D eigenvalue weighted by atomic mass is 16.5. The SMILES string of the molecule is CCOCC(C)(C#N)NC(C)=O. The van der Waals surface area contributed by atoms with E-state index in [4.69, 9.17) is 10.00 Å². The fourth-order valence-corrected chi connectivity index (χ4v) is 0.791. The number of nitrogens with zero attached hydrogens (tertiary/aromatic N) is 1. The van der Waals surface area contributed by atoms with Gasteiger partial charge in [-0.3, -0.25) is 4.79 Å². The van der Waals surface area contributed by atoms with Crippen LogP contribution in [0.1, 0.15) is 20.8 Å². The van der Waals surface area contributed by atoms with Gasteiger partial charge in [0.15, 0.2) is 0 Å². The molecule has 1 atom stereocenters. The van der Waals surface area contributed by atoms with E-state index in [0.717, 1.165) is 0 Å². The van der Waals surface area contributed by atoms with E-state index < -0.39 is 5.54 Å². The van der Waals surface area contributed by atoms with Gasteiger partial charge in [0, 0.05) is 13.5 Å². The van der Waals surface area contributed by atoms with Crippen LogP contribution in [0.5, 0.6) is 0 Å². The number of nitrogens with one attached hydrogen (secondary N) is 1. The maximum absolute atomic E-state index is 10.7. The quantitative estimate of drug-likeness (QED) is 0.666. The normalized spacial score (nSPS) is 14.5. The standard InChI is InChI=1S/C8H14N2O2/c1-4-12-6-8(3,5-9)10-7(2)11/h4,6H2,1-3H3,(H,10,11). The first kappa shape index (κ1) is 10.9. The maximum atomic E-state index is 10.7. The highest BCUT2D eigenvalue weighted by molar-refractivity contribution is 5.74. The average Bonchev–Trinajstić information content (AvgIpc) is 2.00. The molecule has 0 spiro atoms. The Labute approximate surface area is 72.5 Å². The molecule has 1 N–H and O–H groups in total. The van der Waals surface area contributed by atoms with Gasteiger partial charge in [-0.25, -0.2) is 0 Å². The van der Waals surface area contributed by atoms with Crippen LogP contribution in [0.25, 0.3) is 0 Å². The highest BCUT2D eigenvalue weighted by Crippen LogP contribution is 2.01. The fraction of sp³-hybridized carbons (Fsp3) is 0.750. The number of rotatable bonds is 4. The topological polar surface area (TPSA) is 62.1 Å². The molecule has 0 bridgehead atoms. The van der Waals surface area contributed by atoms with Gasteiger partial charge in [0.1, 0.15) is 5.54 Å². The van der Waals surface area contributed by atoms with Crippen molar-refractivity contribution in [3.63, 3.8) is 0 Å². The Morgan fingerprint density at radius 1 is 1.75 bits per heavy atom.